The van der Waals surface area contributed by atoms with Crippen LogP contribution >= 0.6 is 12.4 Å². The van der Waals surface area contributed by atoms with E-state index in [1.165, 1.54) is 0 Å². The van der Waals surface area contributed by atoms with Gasteiger partial charge in [0.25, 0.3) is 5.91 Å². The smallest absolute Gasteiger partial charge is 0.254 e. The highest BCUT2D eigenvalue weighted by Gasteiger charge is 2.24. The third-order valence-electron chi connectivity index (χ3n) is 4.82. The van der Waals surface area contributed by atoms with Gasteiger partial charge in [-0.3, -0.25) is 9.69 Å². The van der Waals surface area contributed by atoms with Gasteiger partial charge in [0, 0.05) is 49.9 Å². The van der Waals surface area contributed by atoms with Crippen LogP contribution in [0.15, 0.2) is 22.7 Å². The molecule has 0 spiro atoms. The zero-order valence-electron chi connectivity index (χ0n) is 16.2. The molecular weight excluding hydrogens is 370 g/mol. The first-order valence-electron chi connectivity index (χ1n) is 8.68. The fourth-order valence-corrected chi connectivity index (χ4v) is 3.17. The average Bonchev–Trinajstić information content (AvgIpc) is 2.99. The number of benzene rings is 1. The number of amides is 1. The topological polar surface area (TPSA) is 68.0 Å². The van der Waals surface area contributed by atoms with Crippen molar-refractivity contribution in [1.29, 1.82) is 0 Å². The molecule has 0 radical (unpaired) electrons. The maximum Gasteiger partial charge on any atom is 0.254 e. The molecule has 0 unspecified atom stereocenters. The van der Waals surface area contributed by atoms with Gasteiger partial charge in [-0.25, -0.2) is 0 Å². The summed E-state index contributed by atoms with van der Waals surface area (Å²) in [5, 5.41) is 4.01. The largest absolute Gasteiger partial charge is 0.497 e. The number of methoxy groups -OCH3 is 2. The number of halogens is 1. The number of piperazine rings is 1. The van der Waals surface area contributed by atoms with Crippen LogP contribution in [-0.2, 0) is 6.54 Å². The van der Waals surface area contributed by atoms with Gasteiger partial charge in [-0.15, -0.1) is 12.4 Å². The van der Waals surface area contributed by atoms with Crippen LogP contribution in [0, 0.1) is 13.8 Å². The van der Waals surface area contributed by atoms with Crippen molar-refractivity contribution in [2.24, 2.45) is 0 Å². The van der Waals surface area contributed by atoms with E-state index in [4.69, 9.17) is 14.0 Å². The van der Waals surface area contributed by atoms with Gasteiger partial charge in [0.2, 0.25) is 0 Å². The Morgan fingerprint density at radius 2 is 1.67 bits per heavy atom. The molecule has 7 nitrogen and oxygen atoms in total. The number of rotatable bonds is 5. The highest BCUT2D eigenvalue weighted by Crippen LogP contribution is 2.24. The number of aromatic nitrogens is 1. The molecule has 1 aliphatic rings. The van der Waals surface area contributed by atoms with Gasteiger partial charge in [0.15, 0.2) is 0 Å². The highest BCUT2D eigenvalue weighted by atomic mass is 35.5. The molecule has 1 amide bonds. The number of carbonyl (C=O) groups excluding carboxylic acids is 1. The molecule has 3 rings (SSSR count). The maximum atomic E-state index is 12.8. The van der Waals surface area contributed by atoms with Crippen molar-refractivity contribution < 1.29 is 18.8 Å². The number of hydrogen-bond donors (Lipinski definition) is 0. The van der Waals surface area contributed by atoms with Crippen LogP contribution in [0.2, 0.25) is 0 Å². The van der Waals surface area contributed by atoms with Gasteiger partial charge in [-0.2, -0.15) is 0 Å². The normalized spacial score (nSPS) is 14.6. The molecule has 1 aromatic heterocycles. The predicted molar refractivity (Wildman–Crippen MR) is 104 cm³/mol. The van der Waals surface area contributed by atoms with E-state index in [1.807, 2.05) is 18.7 Å². The monoisotopic (exact) mass is 395 g/mol. The first-order valence-corrected chi connectivity index (χ1v) is 8.68. The third-order valence-corrected chi connectivity index (χ3v) is 4.82. The predicted octanol–water partition coefficient (Wildman–Crippen LogP) is 2.69. The van der Waals surface area contributed by atoms with Crippen LogP contribution < -0.4 is 9.47 Å². The highest BCUT2D eigenvalue weighted by molar-refractivity contribution is 5.95. The number of ether oxygens (including phenoxy) is 2. The molecule has 2 heterocycles. The Kier molecular flexibility index (Phi) is 7.10. The summed E-state index contributed by atoms with van der Waals surface area (Å²) in [5.74, 6) is 2.10. The van der Waals surface area contributed by atoms with Crippen LogP contribution in [0.25, 0.3) is 0 Å². The second-order valence-corrected chi connectivity index (χ2v) is 6.47. The van der Waals surface area contributed by atoms with Crippen molar-refractivity contribution in [3.63, 3.8) is 0 Å². The zero-order chi connectivity index (χ0) is 18.7. The molecule has 0 bridgehead atoms. The molecule has 0 atom stereocenters. The average molecular weight is 396 g/mol. The molecule has 0 aliphatic carbocycles. The van der Waals surface area contributed by atoms with Crippen molar-refractivity contribution in [2.75, 3.05) is 40.4 Å². The molecular formula is C19H26ClN3O4. The molecule has 148 valence electrons. The minimum atomic E-state index is -0.000751. The Labute approximate surface area is 165 Å². The van der Waals surface area contributed by atoms with E-state index in [2.05, 4.69) is 10.1 Å². The second kappa shape index (κ2) is 9.10. The molecule has 2 aromatic rings. The summed E-state index contributed by atoms with van der Waals surface area (Å²) < 4.78 is 15.8. The number of carbonyl (C=O) groups is 1. The summed E-state index contributed by atoms with van der Waals surface area (Å²) in [6.45, 7) is 7.69. The summed E-state index contributed by atoms with van der Waals surface area (Å²) in [6.07, 6.45) is 0. The summed E-state index contributed by atoms with van der Waals surface area (Å²) in [5.41, 5.74) is 2.66. The number of aryl methyl sites for hydroxylation is 2. The van der Waals surface area contributed by atoms with E-state index in [9.17, 15) is 4.79 Å². The summed E-state index contributed by atoms with van der Waals surface area (Å²) in [7, 11) is 3.16. The Balaban J connectivity index is 0.00000261. The van der Waals surface area contributed by atoms with Gasteiger partial charge < -0.3 is 18.9 Å². The lowest BCUT2D eigenvalue weighted by Crippen LogP contribution is -2.48. The third kappa shape index (κ3) is 4.73. The number of nitrogens with zero attached hydrogens (tertiary/aromatic N) is 3. The first kappa shape index (κ1) is 21.1. The van der Waals surface area contributed by atoms with E-state index < -0.39 is 0 Å². The lowest BCUT2D eigenvalue weighted by molar-refractivity contribution is 0.0627. The fraction of sp³-hybridized carbons (Fsp3) is 0.474. The Morgan fingerprint density at radius 1 is 1.07 bits per heavy atom. The van der Waals surface area contributed by atoms with Gasteiger partial charge in [-0.05, 0) is 26.0 Å². The second-order valence-electron chi connectivity index (χ2n) is 6.47. The van der Waals surface area contributed by atoms with E-state index in [1.54, 1.807) is 32.4 Å². The van der Waals surface area contributed by atoms with Crippen LogP contribution in [0.1, 0.15) is 27.4 Å². The summed E-state index contributed by atoms with van der Waals surface area (Å²) in [6, 6.07) is 5.26. The van der Waals surface area contributed by atoms with Crippen LogP contribution in [-0.4, -0.2) is 61.3 Å². The molecule has 1 saturated heterocycles. The molecule has 0 N–H and O–H groups in total. The van der Waals surface area contributed by atoms with Gasteiger partial charge in [0.05, 0.1) is 19.9 Å². The standard InChI is InChI=1S/C19H25N3O4.ClH/c1-13-18(14(2)26-20-13)12-21-5-7-22(8-6-21)19(23)15-9-16(24-3)11-17(10-15)25-4;/h9-11H,5-8,12H2,1-4H3;1H. The Hall–Kier alpha value is -2.25. The van der Waals surface area contributed by atoms with Crippen molar-refractivity contribution in [1.82, 2.24) is 15.0 Å². The summed E-state index contributed by atoms with van der Waals surface area (Å²) in [4.78, 5) is 17.0. The molecule has 8 heteroatoms. The minimum absolute atomic E-state index is 0. The van der Waals surface area contributed by atoms with Crippen molar-refractivity contribution in [3.05, 3.63) is 40.8 Å². The lowest BCUT2D eigenvalue weighted by atomic mass is 10.1. The van der Waals surface area contributed by atoms with Crippen LogP contribution in [0.5, 0.6) is 11.5 Å². The van der Waals surface area contributed by atoms with Crippen molar-refractivity contribution in [3.8, 4) is 11.5 Å². The van der Waals surface area contributed by atoms with Crippen molar-refractivity contribution in [2.45, 2.75) is 20.4 Å². The van der Waals surface area contributed by atoms with Crippen molar-refractivity contribution >= 4 is 18.3 Å². The van der Waals surface area contributed by atoms with Crippen LogP contribution in [0.3, 0.4) is 0 Å². The van der Waals surface area contributed by atoms with E-state index in [0.717, 1.165) is 36.7 Å². The van der Waals surface area contributed by atoms with E-state index in [-0.39, 0.29) is 18.3 Å². The molecule has 1 aromatic carbocycles. The van der Waals surface area contributed by atoms with E-state index >= 15 is 0 Å². The Bertz CT molecular complexity index is 744. The summed E-state index contributed by atoms with van der Waals surface area (Å²) >= 11 is 0. The fourth-order valence-electron chi connectivity index (χ4n) is 3.17. The molecule has 1 fully saturated rings. The van der Waals surface area contributed by atoms with Crippen LogP contribution in [0.4, 0.5) is 0 Å². The number of hydrogen-bond acceptors (Lipinski definition) is 6. The Morgan fingerprint density at radius 3 is 2.15 bits per heavy atom. The molecule has 27 heavy (non-hydrogen) atoms. The molecule has 1 aliphatic heterocycles. The van der Waals surface area contributed by atoms with Gasteiger partial charge in [0.1, 0.15) is 17.3 Å². The zero-order valence-corrected chi connectivity index (χ0v) is 17.0. The lowest BCUT2D eigenvalue weighted by Gasteiger charge is -2.34. The minimum Gasteiger partial charge on any atom is -0.497 e. The van der Waals surface area contributed by atoms with E-state index in [0.29, 0.717) is 30.2 Å². The first-order chi connectivity index (χ1) is 12.5. The van der Waals surface area contributed by atoms with Gasteiger partial charge in [-0.1, -0.05) is 5.16 Å². The quantitative estimate of drug-likeness (QED) is 0.775. The SMILES string of the molecule is COc1cc(OC)cc(C(=O)N2CCN(Cc3c(C)noc3C)CC2)c1.Cl. The molecule has 0 saturated carbocycles. The maximum absolute atomic E-state index is 12.8. The van der Waals surface area contributed by atoms with Gasteiger partial charge >= 0.3 is 0 Å².